The zero-order chi connectivity index (χ0) is 14.0. The summed E-state index contributed by atoms with van der Waals surface area (Å²) in [5, 5.41) is 2.63. The number of nitrogens with one attached hydrogen (secondary N) is 1. The molecule has 1 aromatic rings. The van der Waals surface area contributed by atoms with E-state index in [0.717, 1.165) is 30.0 Å². The highest BCUT2D eigenvalue weighted by atomic mass is 16.1. The summed E-state index contributed by atoms with van der Waals surface area (Å²) in [6.45, 7) is 4.88. The average Bonchev–Trinajstić information content (AvgIpc) is 3.23. The highest BCUT2D eigenvalue weighted by Crippen LogP contribution is 2.39. The van der Waals surface area contributed by atoms with E-state index in [4.69, 9.17) is 5.73 Å². The van der Waals surface area contributed by atoms with Crippen LogP contribution in [0.4, 0.5) is 11.6 Å². The lowest BCUT2D eigenvalue weighted by molar-refractivity contribution is -0.119. The zero-order valence-electron chi connectivity index (χ0n) is 11.7. The summed E-state index contributed by atoms with van der Waals surface area (Å²) in [6, 6.07) is 0. The fourth-order valence-corrected chi connectivity index (χ4v) is 1.96. The van der Waals surface area contributed by atoms with Crippen molar-refractivity contribution in [2.45, 2.75) is 32.6 Å². The van der Waals surface area contributed by atoms with Crippen LogP contribution in [0.25, 0.3) is 0 Å². The number of likely N-dealkylation sites (N-methyl/N-ethyl adjacent to an activating group) is 2. The summed E-state index contributed by atoms with van der Waals surface area (Å²) >= 11 is 0. The van der Waals surface area contributed by atoms with Gasteiger partial charge in [-0.15, -0.1) is 0 Å². The smallest absolute Gasteiger partial charge is 0.239 e. The second kappa shape index (κ2) is 5.42. The number of amides is 1. The summed E-state index contributed by atoms with van der Waals surface area (Å²) in [5.74, 6) is 2.52. The molecule has 1 saturated carbocycles. The van der Waals surface area contributed by atoms with Gasteiger partial charge in [0.05, 0.1) is 6.54 Å². The molecule has 1 fully saturated rings. The van der Waals surface area contributed by atoms with E-state index in [2.05, 4.69) is 15.3 Å². The van der Waals surface area contributed by atoms with Crippen molar-refractivity contribution < 1.29 is 4.79 Å². The van der Waals surface area contributed by atoms with E-state index in [-0.39, 0.29) is 12.5 Å². The Hall–Kier alpha value is -1.85. The van der Waals surface area contributed by atoms with Crippen LogP contribution < -0.4 is 16.0 Å². The van der Waals surface area contributed by atoms with Crippen molar-refractivity contribution in [3.8, 4) is 0 Å². The molecule has 2 rings (SSSR count). The van der Waals surface area contributed by atoms with Crippen LogP contribution >= 0.6 is 0 Å². The Balaban J connectivity index is 2.32. The number of hydrogen-bond donors (Lipinski definition) is 2. The molecule has 104 valence electrons. The van der Waals surface area contributed by atoms with Gasteiger partial charge in [-0.3, -0.25) is 4.79 Å². The Morgan fingerprint density at radius 3 is 2.68 bits per heavy atom. The molecule has 0 bridgehead atoms. The lowest BCUT2D eigenvalue weighted by Gasteiger charge is -2.23. The van der Waals surface area contributed by atoms with Crippen molar-refractivity contribution in [2.75, 3.05) is 30.8 Å². The van der Waals surface area contributed by atoms with Gasteiger partial charge in [-0.05, 0) is 26.7 Å². The first-order valence-electron chi connectivity index (χ1n) is 6.66. The molecule has 19 heavy (non-hydrogen) atoms. The Bertz CT molecular complexity index is 484. The molecule has 3 N–H and O–H groups in total. The van der Waals surface area contributed by atoms with Gasteiger partial charge < -0.3 is 16.0 Å². The number of rotatable bonds is 5. The summed E-state index contributed by atoms with van der Waals surface area (Å²) in [4.78, 5) is 22.4. The summed E-state index contributed by atoms with van der Waals surface area (Å²) < 4.78 is 0. The van der Waals surface area contributed by atoms with Gasteiger partial charge in [0.1, 0.15) is 17.5 Å². The molecule has 1 aliphatic rings. The molecule has 0 spiro atoms. The highest BCUT2D eigenvalue weighted by Gasteiger charge is 2.28. The molecule has 1 heterocycles. The molecule has 0 aliphatic heterocycles. The SMILES string of the molecule is CCN(CC(=O)NC)c1nc(C2CC2)nc(N)c1C. The molecule has 0 saturated heterocycles. The standard InChI is InChI=1S/C13H21N5O/c1-4-18(7-10(19)15-3)13-8(2)11(14)16-12(17-13)9-5-6-9/h9H,4-7H2,1-3H3,(H,15,19)(H2,14,16,17). The molecule has 6 heteroatoms. The molecule has 6 nitrogen and oxygen atoms in total. The predicted octanol–water partition coefficient (Wildman–Crippen LogP) is 0.817. The quantitative estimate of drug-likeness (QED) is 0.821. The topological polar surface area (TPSA) is 84.1 Å². The number of nitrogens with zero attached hydrogens (tertiary/aromatic N) is 3. The molecule has 0 atom stereocenters. The number of aromatic nitrogens is 2. The van der Waals surface area contributed by atoms with Crippen LogP contribution in [0.15, 0.2) is 0 Å². The van der Waals surface area contributed by atoms with Gasteiger partial charge in [0.15, 0.2) is 0 Å². The minimum absolute atomic E-state index is 0.0357. The Morgan fingerprint density at radius 1 is 1.47 bits per heavy atom. The number of nitrogens with two attached hydrogens (primary N) is 1. The Labute approximate surface area is 113 Å². The fourth-order valence-electron chi connectivity index (χ4n) is 1.96. The van der Waals surface area contributed by atoms with Crippen LogP contribution in [-0.2, 0) is 4.79 Å². The van der Waals surface area contributed by atoms with Gasteiger partial charge >= 0.3 is 0 Å². The second-order valence-electron chi connectivity index (χ2n) is 4.88. The predicted molar refractivity (Wildman–Crippen MR) is 75.1 cm³/mol. The Morgan fingerprint density at radius 2 is 2.16 bits per heavy atom. The number of hydrogen-bond acceptors (Lipinski definition) is 5. The minimum atomic E-state index is -0.0357. The van der Waals surface area contributed by atoms with Gasteiger partial charge in [-0.25, -0.2) is 9.97 Å². The average molecular weight is 263 g/mol. The van der Waals surface area contributed by atoms with Crippen LogP contribution in [0.1, 0.15) is 37.1 Å². The van der Waals surface area contributed by atoms with Gasteiger partial charge in [-0.1, -0.05) is 0 Å². The van der Waals surface area contributed by atoms with Crippen molar-refractivity contribution in [1.82, 2.24) is 15.3 Å². The summed E-state index contributed by atoms with van der Waals surface area (Å²) in [7, 11) is 1.63. The summed E-state index contributed by atoms with van der Waals surface area (Å²) in [6.07, 6.45) is 2.26. The first-order chi connectivity index (χ1) is 9.06. The van der Waals surface area contributed by atoms with Crippen LogP contribution in [0.3, 0.4) is 0 Å². The molecular weight excluding hydrogens is 242 g/mol. The Kier molecular flexibility index (Phi) is 3.87. The van der Waals surface area contributed by atoms with Crippen LogP contribution in [0.5, 0.6) is 0 Å². The van der Waals surface area contributed by atoms with E-state index >= 15 is 0 Å². The van der Waals surface area contributed by atoms with Gasteiger partial charge in [-0.2, -0.15) is 0 Å². The maximum atomic E-state index is 11.6. The monoisotopic (exact) mass is 263 g/mol. The second-order valence-corrected chi connectivity index (χ2v) is 4.88. The van der Waals surface area contributed by atoms with Crippen LogP contribution in [-0.4, -0.2) is 36.0 Å². The maximum absolute atomic E-state index is 11.6. The van der Waals surface area contributed by atoms with E-state index < -0.39 is 0 Å². The van der Waals surface area contributed by atoms with Crippen molar-refractivity contribution in [2.24, 2.45) is 0 Å². The molecular formula is C13H21N5O. The number of anilines is 2. The van der Waals surface area contributed by atoms with E-state index in [1.807, 2.05) is 18.7 Å². The van der Waals surface area contributed by atoms with Gasteiger partial charge in [0.2, 0.25) is 5.91 Å². The third-order valence-electron chi connectivity index (χ3n) is 3.41. The van der Waals surface area contributed by atoms with Crippen molar-refractivity contribution in [1.29, 1.82) is 0 Å². The third-order valence-corrected chi connectivity index (χ3v) is 3.41. The van der Waals surface area contributed by atoms with Crippen molar-refractivity contribution in [3.05, 3.63) is 11.4 Å². The van der Waals surface area contributed by atoms with Crippen LogP contribution in [0.2, 0.25) is 0 Å². The third kappa shape index (κ3) is 2.94. The number of nitrogen functional groups attached to an aromatic ring is 1. The van der Waals surface area contributed by atoms with E-state index in [0.29, 0.717) is 18.3 Å². The lowest BCUT2D eigenvalue weighted by atomic mass is 10.2. The first-order valence-corrected chi connectivity index (χ1v) is 6.66. The van der Waals surface area contributed by atoms with Gasteiger partial charge in [0.25, 0.3) is 0 Å². The number of carbonyl (C=O) groups is 1. The number of carbonyl (C=O) groups excluding carboxylic acids is 1. The molecule has 0 radical (unpaired) electrons. The van der Waals surface area contributed by atoms with E-state index in [1.165, 1.54) is 0 Å². The lowest BCUT2D eigenvalue weighted by Crippen LogP contribution is -2.36. The van der Waals surface area contributed by atoms with Crippen molar-refractivity contribution in [3.63, 3.8) is 0 Å². The molecule has 1 aliphatic carbocycles. The van der Waals surface area contributed by atoms with Crippen LogP contribution in [0, 0.1) is 6.92 Å². The molecule has 0 aromatic carbocycles. The maximum Gasteiger partial charge on any atom is 0.239 e. The van der Waals surface area contributed by atoms with E-state index in [1.54, 1.807) is 7.05 Å². The first kappa shape index (κ1) is 13.6. The van der Waals surface area contributed by atoms with Gasteiger partial charge in [0, 0.05) is 25.1 Å². The fraction of sp³-hybridized carbons (Fsp3) is 0.615. The summed E-state index contributed by atoms with van der Waals surface area (Å²) in [5.41, 5.74) is 6.81. The highest BCUT2D eigenvalue weighted by molar-refractivity contribution is 5.81. The normalized spacial score (nSPS) is 14.3. The largest absolute Gasteiger partial charge is 0.383 e. The van der Waals surface area contributed by atoms with E-state index in [9.17, 15) is 4.79 Å². The molecule has 0 unspecified atom stereocenters. The minimum Gasteiger partial charge on any atom is -0.383 e. The zero-order valence-corrected chi connectivity index (χ0v) is 11.7. The molecule has 1 amide bonds. The molecule has 1 aromatic heterocycles. The van der Waals surface area contributed by atoms with Crippen molar-refractivity contribution >= 4 is 17.5 Å².